The van der Waals surface area contributed by atoms with Crippen LogP contribution < -0.4 is 0 Å². The molecule has 1 aliphatic carbocycles. The monoisotopic (exact) mass is 281 g/mol. The normalized spacial score (nSPS) is 26.9. The average molecular weight is 282 g/mol. The van der Waals surface area contributed by atoms with Crippen LogP contribution in [0.15, 0.2) is 6.07 Å². The molecule has 0 bridgehead atoms. The minimum absolute atomic E-state index is 0.0166. The van der Waals surface area contributed by atoms with Crippen molar-refractivity contribution >= 4 is 17.4 Å². The third-order valence-corrected chi connectivity index (χ3v) is 4.67. The average Bonchev–Trinajstić information content (AvgIpc) is 3.06. The molecule has 3 rings (SSSR count). The molecule has 2 fully saturated rings. The van der Waals surface area contributed by atoms with Gasteiger partial charge < -0.3 is 9.30 Å². The molecule has 2 heterocycles. The van der Waals surface area contributed by atoms with Gasteiger partial charge in [0.1, 0.15) is 0 Å². The predicted octanol–water partition coefficient (Wildman–Crippen LogP) is 3.27. The zero-order chi connectivity index (χ0) is 13.6. The van der Waals surface area contributed by atoms with Gasteiger partial charge in [-0.3, -0.25) is 4.79 Å². The van der Waals surface area contributed by atoms with Gasteiger partial charge in [0.25, 0.3) is 0 Å². The first-order valence-corrected chi connectivity index (χ1v) is 7.56. The van der Waals surface area contributed by atoms with E-state index in [0.29, 0.717) is 12.1 Å². The van der Waals surface area contributed by atoms with Crippen LogP contribution in [0.1, 0.15) is 47.1 Å². The standard InChI is InChI=1S/C15H20ClNO2/c1-9-7-12(14(18)8-16)10(2)17(9)13-5-6-19-15(13)11-3-4-11/h7,11,13,15H,3-6,8H2,1-2H3. The van der Waals surface area contributed by atoms with Crippen molar-refractivity contribution in [2.45, 2.75) is 45.3 Å². The first-order valence-electron chi connectivity index (χ1n) is 7.02. The maximum Gasteiger partial charge on any atom is 0.179 e. The van der Waals surface area contributed by atoms with Crippen molar-refractivity contribution in [1.29, 1.82) is 0 Å². The third-order valence-electron chi connectivity index (χ3n) is 4.43. The van der Waals surface area contributed by atoms with E-state index in [1.54, 1.807) is 0 Å². The summed E-state index contributed by atoms with van der Waals surface area (Å²) in [4.78, 5) is 11.9. The SMILES string of the molecule is Cc1cc(C(=O)CCl)c(C)n1C1CCOC1C1CC1. The fraction of sp³-hybridized carbons (Fsp3) is 0.667. The highest BCUT2D eigenvalue weighted by molar-refractivity contribution is 6.30. The summed E-state index contributed by atoms with van der Waals surface area (Å²) in [6.07, 6.45) is 3.96. The minimum Gasteiger partial charge on any atom is -0.376 e. The van der Waals surface area contributed by atoms with Crippen molar-refractivity contribution in [3.05, 3.63) is 23.0 Å². The highest BCUT2D eigenvalue weighted by atomic mass is 35.5. The zero-order valence-corrected chi connectivity index (χ0v) is 12.2. The number of aryl methyl sites for hydroxylation is 1. The summed E-state index contributed by atoms with van der Waals surface area (Å²) < 4.78 is 8.22. The number of hydrogen-bond donors (Lipinski definition) is 0. The van der Waals surface area contributed by atoms with Gasteiger partial charge in [0.15, 0.2) is 5.78 Å². The Balaban J connectivity index is 1.95. The molecule has 1 aromatic heterocycles. The molecule has 2 atom stereocenters. The van der Waals surface area contributed by atoms with Crippen molar-refractivity contribution in [1.82, 2.24) is 4.57 Å². The fourth-order valence-corrected chi connectivity index (χ4v) is 3.54. The Kier molecular flexibility index (Phi) is 3.44. The molecule has 1 aromatic rings. The number of Topliss-reactive ketones (excluding diaryl/α,β-unsaturated/α-hetero) is 1. The Morgan fingerprint density at radius 2 is 2.16 bits per heavy atom. The van der Waals surface area contributed by atoms with Crippen molar-refractivity contribution in [2.75, 3.05) is 12.5 Å². The second-order valence-electron chi connectivity index (χ2n) is 5.74. The topological polar surface area (TPSA) is 31.2 Å². The maximum atomic E-state index is 11.9. The highest BCUT2D eigenvalue weighted by Crippen LogP contribution is 2.44. The highest BCUT2D eigenvalue weighted by Gasteiger charge is 2.42. The van der Waals surface area contributed by atoms with Crippen LogP contribution in [0.2, 0.25) is 0 Å². The van der Waals surface area contributed by atoms with E-state index in [1.165, 1.54) is 12.8 Å². The summed E-state index contributed by atoms with van der Waals surface area (Å²) in [5.74, 6) is 0.793. The van der Waals surface area contributed by atoms with Crippen LogP contribution in [0.5, 0.6) is 0 Å². The van der Waals surface area contributed by atoms with Crippen LogP contribution in [0.4, 0.5) is 0 Å². The summed E-state index contributed by atoms with van der Waals surface area (Å²) in [5, 5.41) is 0. The smallest absolute Gasteiger partial charge is 0.179 e. The van der Waals surface area contributed by atoms with Crippen molar-refractivity contribution in [2.24, 2.45) is 5.92 Å². The number of hydrogen-bond acceptors (Lipinski definition) is 2. The van der Waals surface area contributed by atoms with E-state index in [1.807, 2.05) is 13.0 Å². The molecule has 1 aliphatic heterocycles. The maximum absolute atomic E-state index is 11.9. The van der Waals surface area contributed by atoms with Gasteiger partial charge in [-0.05, 0) is 45.1 Å². The van der Waals surface area contributed by atoms with Crippen molar-refractivity contribution in [3.63, 3.8) is 0 Å². The first kappa shape index (κ1) is 13.2. The fourth-order valence-electron chi connectivity index (χ4n) is 3.39. The lowest BCUT2D eigenvalue weighted by Crippen LogP contribution is -2.24. The lowest BCUT2D eigenvalue weighted by atomic mass is 10.1. The van der Waals surface area contributed by atoms with Gasteiger partial charge >= 0.3 is 0 Å². The number of carbonyl (C=O) groups is 1. The minimum atomic E-state index is 0.0166. The van der Waals surface area contributed by atoms with Gasteiger partial charge in [0, 0.05) is 23.6 Å². The van der Waals surface area contributed by atoms with E-state index < -0.39 is 0 Å². The lowest BCUT2D eigenvalue weighted by Gasteiger charge is -2.23. The van der Waals surface area contributed by atoms with E-state index in [9.17, 15) is 4.79 Å². The molecule has 0 spiro atoms. The Labute approximate surface area is 118 Å². The van der Waals surface area contributed by atoms with Crippen LogP contribution in [0.3, 0.4) is 0 Å². The van der Waals surface area contributed by atoms with Gasteiger partial charge in [0.05, 0.1) is 18.0 Å². The number of rotatable bonds is 4. The van der Waals surface area contributed by atoms with Crippen LogP contribution in [-0.2, 0) is 4.74 Å². The van der Waals surface area contributed by atoms with Crippen LogP contribution >= 0.6 is 11.6 Å². The van der Waals surface area contributed by atoms with E-state index in [2.05, 4.69) is 11.5 Å². The van der Waals surface area contributed by atoms with E-state index >= 15 is 0 Å². The van der Waals surface area contributed by atoms with E-state index in [0.717, 1.165) is 35.9 Å². The van der Waals surface area contributed by atoms with E-state index in [4.69, 9.17) is 16.3 Å². The quantitative estimate of drug-likeness (QED) is 0.626. The number of nitrogens with zero attached hydrogens (tertiary/aromatic N) is 1. The Bertz CT molecular complexity index is 504. The van der Waals surface area contributed by atoms with Crippen LogP contribution in [0, 0.1) is 19.8 Å². The summed E-state index contributed by atoms with van der Waals surface area (Å²) in [6, 6.07) is 2.37. The molecule has 0 amide bonds. The van der Waals surface area contributed by atoms with Gasteiger partial charge in [0.2, 0.25) is 0 Å². The number of halogens is 1. The number of aromatic nitrogens is 1. The molecule has 2 aliphatic rings. The van der Waals surface area contributed by atoms with Crippen LogP contribution in [-0.4, -0.2) is 28.9 Å². The van der Waals surface area contributed by atoms with Crippen molar-refractivity contribution < 1.29 is 9.53 Å². The molecule has 19 heavy (non-hydrogen) atoms. The molecule has 2 unspecified atom stereocenters. The predicted molar refractivity (Wildman–Crippen MR) is 75.1 cm³/mol. The van der Waals surface area contributed by atoms with Crippen molar-refractivity contribution in [3.8, 4) is 0 Å². The number of ether oxygens (including phenoxy) is 1. The van der Waals surface area contributed by atoms with E-state index in [-0.39, 0.29) is 11.7 Å². The number of alkyl halides is 1. The second-order valence-corrected chi connectivity index (χ2v) is 6.01. The second kappa shape index (κ2) is 4.95. The van der Waals surface area contributed by atoms with Gasteiger partial charge in [-0.15, -0.1) is 11.6 Å². The molecule has 104 valence electrons. The molecular weight excluding hydrogens is 262 g/mol. The molecular formula is C15H20ClNO2. The summed E-state index contributed by atoms with van der Waals surface area (Å²) in [7, 11) is 0. The van der Waals surface area contributed by atoms with Crippen LogP contribution in [0.25, 0.3) is 0 Å². The van der Waals surface area contributed by atoms with Gasteiger partial charge in [-0.1, -0.05) is 0 Å². The Morgan fingerprint density at radius 1 is 1.42 bits per heavy atom. The lowest BCUT2D eigenvalue weighted by molar-refractivity contribution is 0.0743. The largest absolute Gasteiger partial charge is 0.376 e. The zero-order valence-electron chi connectivity index (χ0n) is 11.5. The van der Waals surface area contributed by atoms with Gasteiger partial charge in [-0.2, -0.15) is 0 Å². The summed E-state index contributed by atoms with van der Waals surface area (Å²) >= 11 is 5.69. The molecule has 1 saturated carbocycles. The third kappa shape index (κ3) is 2.23. The summed E-state index contributed by atoms with van der Waals surface area (Å²) in [5.41, 5.74) is 2.96. The molecule has 0 N–H and O–H groups in total. The Hall–Kier alpha value is -0.800. The number of carbonyl (C=O) groups excluding carboxylic acids is 1. The molecule has 0 radical (unpaired) electrons. The summed E-state index contributed by atoms with van der Waals surface area (Å²) in [6.45, 7) is 4.93. The van der Waals surface area contributed by atoms with Gasteiger partial charge in [-0.25, -0.2) is 0 Å². The molecule has 4 heteroatoms. The Morgan fingerprint density at radius 3 is 2.79 bits per heavy atom. The molecule has 1 saturated heterocycles. The first-order chi connectivity index (χ1) is 9.13. The number of ketones is 1. The molecule has 0 aromatic carbocycles. The molecule has 3 nitrogen and oxygen atoms in total.